The van der Waals surface area contributed by atoms with E-state index in [0.717, 1.165) is 6.07 Å². The summed E-state index contributed by atoms with van der Waals surface area (Å²) in [6, 6.07) is 4.09. The van der Waals surface area contributed by atoms with Crippen molar-refractivity contribution in [3.05, 3.63) is 34.7 Å². The fourth-order valence-electron chi connectivity index (χ4n) is 1.55. The van der Waals surface area contributed by atoms with Crippen molar-refractivity contribution < 1.29 is 13.9 Å². The van der Waals surface area contributed by atoms with E-state index < -0.39 is 11.8 Å². The summed E-state index contributed by atoms with van der Waals surface area (Å²) in [7, 11) is 2.76. The molecule has 0 saturated carbocycles. The van der Waals surface area contributed by atoms with Crippen LogP contribution in [0.25, 0.3) is 11.3 Å². The lowest BCUT2D eigenvalue weighted by molar-refractivity contribution is 0.0589. The van der Waals surface area contributed by atoms with Gasteiger partial charge in [-0.2, -0.15) is 0 Å². The molecular weight excluding hydrogens is 261 g/mol. The number of halogens is 2. The lowest BCUT2D eigenvalue weighted by atomic mass is 10.1. The normalized spacial score (nSPS) is 10.4. The maximum atomic E-state index is 13.8. The van der Waals surface area contributed by atoms with Gasteiger partial charge in [-0.25, -0.2) is 13.9 Å². The van der Waals surface area contributed by atoms with E-state index in [9.17, 15) is 9.18 Å². The van der Waals surface area contributed by atoms with E-state index in [1.165, 1.54) is 31.0 Å². The van der Waals surface area contributed by atoms with Crippen molar-refractivity contribution in [2.45, 2.75) is 0 Å². The number of carbonyl (C=O) groups is 1. The number of aromatic nitrogens is 3. The Morgan fingerprint density at radius 3 is 2.83 bits per heavy atom. The summed E-state index contributed by atoms with van der Waals surface area (Å²) in [6.07, 6.45) is 0. The van der Waals surface area contributed by atoms with Crippen molar-refractivity contribution in [1.29, 1.82) is 0 Å². The molecule has 0 N–H and O–H groups in total. The van der Waals surface area contributed by atoms with E-state index >= 15 is 0 Å². The monoisotopic (exact) mass is 269 g/mol. The first-order chi connectivity index (χ1) is 8.54. The highest BCUT2D eigenvalue weighted by atomic mass is 35.5. The second kappa shape index (κ2) is 4.73. The highest BCUT2D eigenvalue weighted by molar-refractivity contribution is 6.30. The van der Waals surface area contributed by atoms with Gasteiger partial charge in [0.15, 0.2) is 5.69 Å². The minimum atomic E-state index is -0.633. The van der Waals surface area contributed by atoms with E-state index in [0.29, 0.717) is 0 Å². The minimum Gasteiger partial charge on any atom is -0.464 e. The molecule has 0 saturated heterocycles. The van der Waals surface area contributed by atoms with Gasteiger partial charge in [-0.3, -0.25) is 0 Å². The third kappa shape index (κ3) is 2.06. The average molecular weight is 270 g/mol. The summed E-state index contributed by atoms with van der Waals surface area (Å²) in [5, 5.41) is 7.73. The molecule has 5 nitrogen and oxygen atoms in total. The van der Waals surface area contributed by atoms with Gasteiger partial charge in [0, 0.05) is 17.6 Å². The quantitative estimate of drug-likeness (QED) is 0.783. The number of esters is 1. The number of methoxy groups -OCH3 is 1. The van der Waals surface area contributed by atoms with Crippen molar-refractivity contribution in [3.63, 3.8) is 0 Å². The Kier molecular flexibility index (Phi) is 3.29. The van der Waals surface area contributed by atoms with Gasteiger partial charge < -0.3 is 4.74 Å². The highest BCUT2D eigenvalue weighted by Gasteiger charge is 2.22. The van der Waals surface area contributed by atoms with Crippen LogP contribution in [0, 0.1) is 5.82 Å². The molecule has 7 heteroatoms. The molecular formula is C11H9ClFN3O2. The van der Waals surface area contributed by atoms with Crippen LogP contribution in [0.1, 0.15) is 10.5 Å². The third-order valence-corrected chi connectivity index (χ3v) is 2.63. The summed E-state index contributed by atoms with van der Waals surface area (Å²) in [6.45, 7) is 0. The van der Waals surface area contributed by atoms with Crippen molar-refractivity contribution in [3.8, 4) is 11.3 Å². The Morgan fingerprint density at radius 1 is 1.50 bits per heavy atom. The van der Waals surface area contributed by atoms with E-state index in [2.05, 4.69) is 15.0 Å². The van der Waals surface area contributed by atoms with E-state index in [-0.39, 0.29) is 22.0 Å². The van der Waals surface area contributed by atoms with Gasteiger partial charge in [0.05, 0.1) is 7.11 Å². The zero-order valence-corrected chi connectivity index (χ0v) is 10.4. The van der Waals surface area contributed by atoms with Gasteiger partial charge in [-0.15, -0.1) is 5.10 Å². The average Bonchev–Trinajstić information content (AvgIpc) is 2.70. The van der Waals surface area contributed by atoms with Gasteiger partial charge in [0.2, 0.25) is 0 Å². The summed E-state index contributed by atoms with van der Waals surface area (Å²) in [5.74, 6) is -1.21. The fraction of sp³-hybridized carbons (Fsp3) is 0.182. The smallest absolute Gasteiger partial charge is 0.358 e. The van der Waals surface area contributed by atoms with Gasteiger partial charge in [-0.05, 0) is 18.2 Å². The second-order valence-corrected chi connectivity index (χ2v) is 3.96. The summed E-state index contributed by atoms with van der Waals surface area (Å²) < 4.78 is 19.6. The molecule has 0 aliphatic rings. The molecule has 1 aromatic carbocycles. The van der Waals surface area contributed by atoms with Crippen LogP contribution < -0.4 is 0 Å². The maximum absolute atomic E-state index is 13.8. The van der Waals surface area contributed by atoms with Crippen molar-refractivity contribution >= 4 is 17.6 Å². The number of benzene rings is 1. The van der Waals surface area contributed by atoms with Crippen LogP contribution in [0.3, 0.4) is 0 Å². The molecule has 0 aliphatic heterocycles. The largest absolute Gasteiger partial charge is 0.464 e. The first-order valence-electron chi connectivity index (χ1n) is 4.98. The van der Waals surface area contributed by atoms with Gasteiger partial charge in [0.1, 0.15) is 11.5 Å². The molecule has 0 fully saturated rings. The summed E-state index contributed by atoms with van der Waals surface area (Å²) >= 11 is 5.67. The summed E-state index contributed by atoms with van der Waals surface area (Å²) in [4.78, 5) is 11.6. The van der Waals surface area contributed by atoms with Gasteiger partial charge in [-0.1, -0.05) is 16.8 Å². The SMILES string of the molecule is COC(=O)c1c(-c2ccc(Cl)cc2F)nnn1C. The van der Waals surface area contributed by atoms with E-state index in [1.807, 2.05) is 0 Å². The number of carbonyl (C=O) groups excluding carboxylic acids is 1. The van der Waals surface area contributed by atoms with Crippen LogP contribution in [0.2, 0.25) is 5.02 Å². The Bertz CT molecular complexity index is 612. The number of hydrogen-bond donors (Lipinski definition) is 0. The Hall–Kier alpha value is -1.95. The Labute approximate surface area is 107 Å². The number of hydrogen-bond acceptors (Lipinski definition) is 4. The van der Waals surface area contributed by atoms with Crippen LogP contribution in [0.4, 0.5) is 4.39 Å². The standard InChI is InChI=1S/C11H9ClFN3O2/c1-16-10(11(17)18-2)9(14-15-16)7-4-3-6(12)5-8(7)13/h3-5H,1-2H3. The molecule has 2 aromatic rings. The molecule has 94 valence electrons. The number of rotatable bonds is 2. The third-order valence-electron chi connectivity index (χ3n) is 2.39. The zero-order chi connectivity index (χ0) is 13.3. The predicted molar refractivity (Wildman–Crippen MR) is 62.7 cm³/mol. The molecule has 2 rings (SSSR count). The Morgan fingerprint density at radius 2 is 2.22 bits per heavy atom. The highest BCUT2D eigenvalue weighted by Crippen LogP contribution is 2.26. The van der Waals surface area contributed by atoms with Crippen LogP contribution in [0.15, 0.2) is 18.2 Å². The van der Waals surface area contributed by atoms with Gasteiger partial charge in [0.25, 0.3) is 0 Å². The minimum absolute atomic E-state index is 0.0822. The van der Waals surface area contributed by atoms with Crippen LogP contribution in [0.5, 0.6) is 0 Å². The fourth-order valence-corrected chi connectivity index (χ4v) is 1.70. The maximum Gasteiger partial charge on any atom is 0.358 e. The second-order valence-electron chi connectivity index (χ2n) is 3.53. The topological polar surface area (TPSA) is 57.0 Å². The zero-order valence-electron chi connectivity index (χ0n) is 9.65. The molecule has 0 atom stereocenters. The lowest BCUT2D eigenvalue weighted by Crippen LogP contribution is -2.09. The molecule has 18 heavy (non-hydrogen) atoms. The Balaban J connectivity index is 2.61. The summed E-state index contributed by atoms with van der Waals surface area (Å²) in [5.41, 5.74) is 0.352. The molecule has 0 unspecified atom stereocenters. The molecule has 0 aliphatic carbocycles. The van der Waals surface area contributed by atoms with Crippen molar-refractivity contribution in [1.82, 2.24) is 15.0 Å². The molecule has 0 bridgehead atoms. The predicted octanol–water partition coefficient (Wildman–Crippen LogP) is 2.06. The van der Waals surface area contributed by atoms with Crippen molar-refractivity contribution in [2.75, 3.05) is 7.11 Å². The molecule has 0 spiro atoms. The number of nitrogens with zero attached hydrogens (tertiary/aromatic N) is 3. The molecule has 0 amide bonds. The number of ether oxygens (including phenoxy) is 1. The van der Waals surface area contributed by atoms with Crippen LogP contribution >= 0.6 is 11.6 Å². The number of aryl methyl sites for hydroxylation is 1. The molecule has 0 radical (unpaired) electrons. The van der Waals surface area contributed by atoms with Crippen LogP contribution in [-0.2, 0) is 11.8 Å². The lowest BCUT2D eigenvalue weighted by Gasteiger charge is -2.03. The molecule has 1 aromatic heterocycles. The van der Waals surface area contributed by atoms with Gasteiger partial charge >= 0.3 is 5.97 Å². The first-order valence-corrected chi connectivity index (χ1v) is 5.35. The van der Waals surface area contributed by atoms with Crippen molar-refractivity contribution in [2.24, 2.45) is 7.05 Å². The van der Waals surface area contributed by atoms with E-state index in [4.69, 9.17) is 11.6 Å². The van der Waals surface area contributed by atoms with E-state index in [1.54, 1.807) is 0 Å². The van der Waals surface area contributed by atoms with Crippen LogP contribution in [-0.4, -0.2) is 28.1 Å². The molecule has 1 heterocycles. The first kappa shape index (κ1) is 12.5.